The largest absolute Gasteiger partial charge is 0.409 e. The quantitative estimate of drug-likeness (QED) is 0.158. The molecule has 1 aliphatic rings. The van der Waals surface area contributed by atoms with E-state index in [4.69, 9.17) is 15.7 Å². The Bertz CT molecular complexity index is 389. The van der Waals surface area contributed by atoms with Gasteiger partial charge in [-0.3, -0.25) is 0 Å². The Kier molecular flexibility index (Phi) is 5.32. The molecule has 0 atom stereocenters. The minimum absolute atomic E-state index is 0.0999. The van der Waals surface area contributed by atoms with E-state index in [0.29, 0.717) is 12.8 Å². The maximum absolute atomic E-state index is 11.8. The second-order valence-electron chi connectivity index (χ2n) is 4.27. The fourth-order valence-electron chi connectivity index (χ4n) is 2.06. The second kappa shape index (κ2) is 6.32. The van der Waals surface area contributed by atoms with Crippen LogP contribution in [0.5, 0.6) is 0 Å². The molecule has 8 nitrogen and oxygen atoms in total. The van der Waals surface area contributed by atoms with Gasteiger partial charge in [0.25, 0.3) is 10.2 Å². The molecule has 9 heteroatoms. The van der Waals surface area contributed by atoms with Crippen molar-refractivity contribution in [2.24, 2.45) is 10.9 Å². The zero-order chi connectivity index (χ0) is 13.6. The molecule has 0 aromatic carbocycles. The van der Waals surface area contributed by atoms with Crippen LogP contribution in [0.25, 0.3) is 0 Å². The smallest absolute Gasteiger partial charge is 0.277 e. The van der Waals surface area contributed by atoms with Crippen molar-refractivity contribution < 1.29 is 18.4 Å². The number of nitrogens with one attached hydrogen (secondary N) is 2. The van der Waals surface area contributed by atoms with Crippen molar-refractivity contribution in [2.45, 2.75) is 31.2 Å². The summed E-state index contributed by atoms with van der Waals surface area (Å²) in [5, 5.41) is 11.7. The van der Waals surface area contributed by atoms with Crippen LogP contribution in [0.2, 0.25) is 0 Å². The molecular formula is C9H20N4O4S. The van der Waals surface area contributed by atoms with E-state index in [2.05, 4.69) is 14.6 Å². The minimum Gasteiger partial charge on any atom is -0.409 e. The summed E-state index contributed by atoms with van der Waals surface area (Å²) in [4.78, 5) is 0. The molecular weight excluding hydrogens is 260 g/mol. The SMILES string of the molecule is COCCNS(=O)(=O)NC1(C(N)=NO)CCCC1. The molecule has 1 rings (SSSR count). The van der Waals surface area contributed by atoms with Crippen molar-refractivity contribution in [1.82, 2.24) is 9.44 Å². The molecule has 0 amide bonds. The van der Waals surface area contributed by atoms with Gasteiger partial charge in [0.2, 0.25) is 0 Å². The summed E-state index contributed by atoms with van der Waals surface area (Å²) >= 11 is 0. The lowest BCUT2D eigenvalue weighted by molar-refractivity contribution is 0.204. The van der Waals surface area contributed by atoms with E-state index >= 15 is 0 Å². The lowest BCUT2D eigenvalue weighted by Gasteiger charge is -2.28. The van der Waals surface area contributed by atoms with E-state index < -0.39 is 15.7 Å². The zero-order valence-corrected chi connectivity index (χ0v) is 11.2. The number of amidine groups is 1. The van der Waals surface area contributed by atoms with Gasteiger partial charge in [0, 0.05) is 13.7 Å². The Labute approximate surface area is 107 Å². The Morgan fingerprint density at radius 3 is 2.61 bits per heavy atom. The highest BCUT2D eigenvalue weighted by Gasteiger charge is 2.41. The standard InChI is InChI=1S/C9H20N4O4S/c1-17-7-6-11-18(15,16)13-9(8(10)12-14)4-2-3-5-9/h11,13-14H,2-7H2,1H3,(H2,10,12). The molecule has 5 N–H and O–H groups in total. The first-order valence-electron chi connectivity index (χ1n) is 5.71. The third-order valence-electron chi connectivity index (χ3n) is 2.98. The molecule has 1 saturated carbocycles. The van der Waals surface area contributed by atoms with E-state index in [1.165, 1.54) is 7.11 Å². The topological polar surface area (TPSA) is 126 Å². The third-order valence-corrected chi connectivity index (χ3v) is 4.23. The van der Waals surface area contributed by atoms with Gasteiger partial charge in [0.15, 0.2) is 5.84 Å². The van der Waals surface area contributed by atoms with E-state index in [-0.39, 0.29) is 19.0 Å². The van der Waals surface area contributed by atoms with Crippen molar-refractivity contribution >= 4 is 16.0 Å². The number of rotatable bonds is 7. The van der Waals surface area contributed by atoms with Gasteiger partial charge in [0.1, 0.15) is 0 Å². The highest BCUT2D eigenvalue weighted by Crippen LogP contribution is 2.30. The van der Waals surface area contributed by atoms with E-state index in [1.807, 2.05) is 0 Å². The highest BCUT2D eigenvalue weighted by atomic mass is 32.2. The van der Waals surface area contributed by atoms with Crippen LogP contribution in [0, 0.1) is 0 Å². The van der Waals surface area contributed by atoms with Gasteiger partial charge in [0.05, 0.1) is 12.1 Å². The highest BCUT2D eigenvalue weighted by molar-refractivity contribution is 7.87. The van der Waals surface area contributed by atoms with Crippen LogP contribution in [0.15, 0.2) is 5.16 Å². The molecule has 0 aliphatic heterocycles. The fraction of sp³-hybridized carbons (Fsp3) is 0.889. The van der Waals surface area contributed by atoms with Crippen LogP contribution in [-0.4, -0.2) is 45.3 Å². The zero-order valence-electron chi connectivity index (χ0n) is 10.3. The van der Waals surface area contributed by atoms with E-state index in [1.54, 1.807) is 0 Å². The Balaban J connectivity index is 2.72. The first-order valence-corrected chi connectivity index (χ1v) is 7.19. The lowest BCUT2D eigenvalue weighted by Crippen LogP contribution is -2.58. The maximum Gasteiger partial charge on any atom is 0.277 e. The number of hydrogen-bond acceptors (Lipinski definition) is 5. The average molecular weight is 280 g/mol. The molecule has 0 radical (unpaired) electrons. The van der Waals surface area contributed by atoms with Crippen molar-refractivity contribution in [3.63, 3.8) is 0 Å². The summed E-state index contributed by atoms with van der Waals surface area (Å²) in [6, 6.07) is 0. The Hall–Kier alpha value is -0.900. The molecule has 106 valence electrons. The summed E-state index contributed by atoms with van der Waals surface area (Å²) in [5.41, 5.74) is 4.62. The van der Waals surface area contributed by atoms with Crippen molar-refractivity contribution in [2.75, 3.05) is 20.3 Å². The van der Waals surface area contributed by atoms with Gasteiger partial charge in [-0.05, 0) is 12.8 Å². The van der Waals surface area contributed by atoms with Crippen LogP contribution in [0.1, 0.15) is 25.7 Å². The normalized spacial score (nSPS) is 20.2. The second-order valence-corrected chi connectivity index (χ2v) is 5.77. The van der Waals surface area contributed by atoms with Gasteiger partial charge in [-0.1, -0.05) is 18.0 Å². The molecule has 0 unspecified atom stereocenters. The Morgan fingerprint density at radius 1 is 1.50 bits per heavy atom. The van der Waals surface area contributed by atoms with Crippen LogP contribution >= 0.6 is 0 Å². The number of nitrogens with two attached hydrogens (primary N) is 1. The molecule has 0 heterocycles. The summed E-state index contributed by atoms with van der Waals surface area (Å²) in [5.74, 6) is -0.0999. The van der Waals surface area contributed by atoms with Crippen molar-refractivity contribution in [3.8, 4) is 0 Å². The van der Waals surface area contributed by atoms with E-state index in [9.17, 15) is 8.42 Å². The van der Waals surface area contributed by atoms with Crippen molar-refractivity contribution in [1.29, 1.82) is 0 Å². The predicted molar refractivity (Wildman–Crippen MR) is 66.5 cm³/mol. The molecule has 0 aromatic rings. The monoisotopic (exact) mass is 280 g/mol. The lowest BCUT2D eigenvalue weighted by atomic mass is 9.98. The molecule has 0 aromatic heterocycles. The van der Waals surface area contributed by atoms with Gasteiger partial charge in [-0.25, -0.2) is 0 Å². The number of oxime groups is 1. The molecule has 0 spiro atoms. The minimum atomic E-state index is -3.70. The summed E-state index contributed by atoms with van der Waals surface area (Å²) in [6.45, 7) is 0.440. The molecule has 1 aliphatic carbocycles. The predicted octanol–water partition coefficient (Wildman–Crippen LogP) is -0.884. The molecule has 0 bridgehead atoms. The third kappa shape index (κ3) is 3.80. The van der Waals surface area contributed by atoms with Gasteiger partial charge in [-0.2, -0.15) is 17.9 Å². The molecule has 1 fully saturated rings. The number of methoxy groups -OCH3 is 1. The average Bonchev–Trinajstić information content (AvgIpc) is 2.77. The van der Waals surface area contributed by atoms with Crippen LogP contribution in [-0.2, 0) is 14.9 Å². The maximum atomic E-state index is 11.8. The Morgan fingerprint density at radius 2 is 2.11 bits per heavy atom. The van der Waals surface area contributed by atoms with Crippen LogP contribution in [0.3, 0.4) is 0 Å². The van der Waals surface area contributed by atoms with Gasteiger partial charge in [-0.15, -0.1) is 0 Å². The van der Waals surface area contributed by atoms with Crippen molar-refractivity contribution in [3.05, 3.63) is 0 Å². The summed E-state index contributed by atoms with van der Waals surface area (Å²) in [7, 11) is -2.22. The molecule has 18 heavy (non-hydrogen) atoms. The van der Waals surface area contributed by atoms with Gasteiger partial charge >= 0.3 is 0 Å². The first-order chi connectivity index (χ1) is 8.46. The van der Waals surface area contributed by atoms with Crippen LogP contribution < -0.4 is 15.2 Å². The fourth-order valence-corrected chi connectivity index (χ4v) is 3.30. The number of ether oxygens (including phenoxy) is 1. The van der Waals surface area contributed by atoms with Gasteiger partial charge < -0.3 is 15.7 Å². The van der Waals surface area contributed by atoms with Crippen LogP contribution in [0.4, 0.5) is 0 Å². The number of nitrogens with zero attached hydrogens (tertiary/aromatic N) is 1. The summed E-state index contributed by atoms with van der Waals surface area (Å²) < 4.78 is 33.2. The molecule has 0 saturated heterocycles. The number of hydrogen-bond donors (Lipinski definition) is 4. The first kappa shape index (κ1) is 15.2. The van der Waals surface area contributed by atoms with E-state index in [0.717, 1.165) is 12.8 Å². The summed E-state index contributed by atoms with van der Waals surface area (Å²) in [6.07, 6.45) is 2.70.